The van der Waals surface area contributed by atoms with Crippen molar-refractivity contribution in [3.8, 4) is 5.75 Å². The Hall–Kier alpha value is -1.22. The van der Waals surface area contributed by atoms with Crippen molar-refractivity contribution in [1.82, 2.24) is 4.90 Å². The molecule has 2 rings (SSSR count). The molecular formula is C18H30N2O. The molecule has 3 heteroatoms. The number of hydrogen-bond donors (Lipinski definition) is 1. The van der Waals surface area contributed by atoms with E-state index in [9.17, 15) is 0 Å². The highest BCUT2D eigenvalue weighted by Gasteiger charge is 2.20. The van der Waals surface area contributed by atoms with Gasteiger partial charge in [0, 0.05) is 12.6 Å². The summed E-state index contributed by atoms with van der Waals surface area (Å²) in [7, 11) is 5.95. The molecule has 1 aromatic carbocycles. The first-order chi connectivity index (χ1) is 10.1. The number of nitrogens with one attached hydrogen (secondary N) is 1. The third kappa shape index (κ3) is 4.63. The lowest BCUT2D eigenvalue weighted by atomic mass is 9.84. The van der Waals surface area contributed by atoms with Crippen LogP contribution in [-0.4, -0.2) is 32.1 Å². The molecule has 1 fully saturated rings. The number of rotatable bonds is 6. The van der Waals surface area contributed by atoms with Gasteiger partial charge in [-0.15, -0.1) is 0 Å². The molecule has 0 saturated heterocycles. The van der Waals surface area contributed by atoms with Crippen LogP contribution in [0.15, 0.2) is 18.2 Å². The lowest BCUT2D eigenvalue weighted by Gasteiger charge is -2.29. The second-order valence-electron chi connectivity index (χ2n) is 6.54. The summed E-state index contributed by atoms with van der Waals surface area (Å²) in [5, 5.41) is 3.72. The Morgan fingerprint density at radius 3 is 2.48 bits per heavy atom. The van der Waals surface area contributed by atoms with Gasteiger partial charge in [-0.2, -0.15) is 0 Å². The quantitative estimate of drug-likeness (QED) is 0.852. The van der Waals surface area contributed by atoms with Crippen LogP contribution in [-0.2, 0) is 6.54 Å². The van der Waals surface area contributed by atoms with Crippen LogP contribution < -0.4 is 10.1 Å². The Balaban J connectivity index is 2.03. The van der Waals surface area contributed by atoms with Gasteiger partial charge in [0.15, 0.2) is 0 Å². The molecule has 0 atom stereocenters. The molecule has 1 aliphatic rings. The van der Waals surface area contributed by atoms with E-state index in [1.54, 1.807) is 7.11 Å². The van der Waals surface area contributed by atoms with Gasteiger partial charge in [0.25, 0.3) is 0 Å². The van der Waals surface area contributed by atoms with Crippen LogP contribution in [0.3, 0.4) is 0 Å². The molecule has 1 aromatic rings. The third-order valence-corrected chi connectivity index (χ3v) is 4.55. The summed E-state index contributed by atoms with van der Waals surface area (Å²) in [5.74, 6) is 1.89. The van der Waals surface area contributed by atoms with Gasteiger partial charge in [0.2, 0.25) is 0 Å². The lowest BCUT2D eigenvalue weighted by Crippen LogP contribution is -2.26. The van der Waals surface area contributed by atoms with Crippen molar-refractivity contribution in [1.29, 1.82) is 0 Å². The number of nitrogens with zero attached hydrogens (tertiary/aromatic N) is 1. The van der Waals surface area contributed by atoms with E-state index in [4.69, 9.17) is 4.74 Å². The molecule has 1 aliphatic carbocycles. The predicted octanol–water partition coefficient (Wildman–Crippen LogP) is 4.14. The molecule has 0 aliphatic heterocycles. The number of benzene rings is 1. The summed E-state index contributed by atoms with van der Waals surface area (Å²) in [5.41, 5.74) is 2.47. The Bertz CT molecular complexity index is 437. The Labute approximate surface area is 129 Å². The smallest absolute Gasteiger partial charge is 0.141 e. The van der Waals surface area contributed by atoms with Gasteiger partial charge < -0.3 is 15.0 Å². The molecule has 0 amide bonds. The SMILES string of the molecule is CCC1CCC(Nc2cc(CN(C)C)ccc2OC)CC1. The van der Waals surface area contributed by atoms with E-state index in [0.717, 1.165) is 23.9 Å². The van der Waals surface area contributed by atoms with E-state index < -0.39 is 0 Å². The summed E-state index contributed by atoms with van der Waals surface area (Å²) in [4.78, 5) is 2.19. The van der Waals surface area contributed by atoms with Gasteiger partial charge in [0.05, 0.1) is 12.8 Å². The maximum Gasteiger partial charge on any atom is 0.141 e. The normalized spacial score (nSPS) is 22.3. The van der Waals surface area contributed by atoms with Crippen LogP contribution in [0, 0.1) is 5.92 Å². The lowest BCUT2D eigenvalue weighted by molar-refractivity contribution is 0.329. The number of ether oxygens (including phenoxy) is 1. The fourth-order valence-corrected chi connectivity index (χ4v) is 3.27. The third-order valence-electron chi connectivity index (χ3n) is 4.55. The molecule has 0 aromatic heterocycles. The van der Waals surface area contributed by atoms with E-state index in [0.29, 0.717) is 6.04 Å². The first-order valence-corrected chi connectivity index (χ1v) is 8.20. The molecule has 0 spiro atoms. The monoisotopic (exact) mass is 290 g/mol. The molecular weight excluding hydrogens is 260 g/mol. The van der Waals surface area contributed by atoms with Crippen molar-refractivity contribution in [2.24, 2.45) is 5.92 Å². The summed E-state index contributed by atoms with van der Waals surface area (Å²) < 4.78 is 5.51. The van der Waals surface area contributed by atoms with E-state index in [1.165, 1.54) is 37.7 Å². The minimum atomic E-state index is 0.594. The summed E-state index contributed by atoms with van der Waals surface area (Å²) in [6.07, 6.45) is 6.59. The number of hydrogen-bond acceptors (Lipinski definition) is 3. The zero-order valence-electron chi connectivity index (χ0n) is 14.0. The largest absolute Gasteiger partial charge is 0.495 e. The highest BCUT2D eigenvalue weighted by Crippen LogP contribution is 2.32. The molecule has 0 unspecified atom stereocenters. The minimum Gasteiger partial charge on any atom is -0.495 e. The standard InChI is InChI=1S/C18H30N2O/c1-5-14-6-9-16(10-7-14)19-17-12-15(13-20(2)3)8-11-18(17)21-4/h8,11-12,14,16,19H,5-7,9-10,13H2,1-4H3. The van der Waals surface area contributed by atoms with Crippen molar-refractivity contribution in [3.63, 3.8) is 0 Å². The van der Waals surface area contributed by atoms with Gasteiger partial charge in [-0.1, -0.05) is 19.4 Å². The molecule has 3 nitrogen and oxygen atoms in total. The zero-order valence-corrected chi connectivity index (χ0v) is 14.0. The zero-order chi connectivity index (χ0) is 15.2. The van der Waals surface area contributed by atoms with Crippen LogP contribution in [0.2, 0.25) is 0 Å². The maximum atomic E-state index is 5.51. The van der Waals surface area contributed by atoms with Gasteiger partial charge in [-0.3, -0.25) is 0 Å². The van der Waals surface area contributed by atoms with Crippen molar-refractivity contribution in [3.05, 3.63) is 23.8 Å². The van der Waals surface area contributed by atoms with Crippen LogP contribution in [0.4, 0.5) is 5.69 Å². The Morgan fingerprint density at radius 1 is 1.19 bits per heavy atom. The van der Waals surface area contributed by atoms with E-state index in [1.807, 2.05) is 0 Å². The average molecular weight is 290 g/mol. The molecule has 0 heterocycles. The van der Waals surface area contributed by atoms with Gasteiger partial charge in [0.1, 0.15) is 5.75 Å². The first kappa shape index (κ1) is 16.2. The van der Waals surface area contributed by atoms with Crippen molar-refractivity contribution in [2.45, 2.75) is 51.6 Å². The van der Waals surface area contributed by atoms with Gasteiger partial charge in [-0.25, -0.2) is 0 Å². The summed E-state index contributed by atoms with van der Waals surface area (Å²) in [6, 6.07) is 7.07. The average Bonchev–Trinajstić information content (AvgIpc) is 2.48. The highest BCUT2D eigenvalue weighted by atomic mass is 16.5. The summed E-state index contributed by atoms with van der Waals surface area (Å²) in [6.45, 7) is 3.27. The fourth-order valence-electron chi connectivity index (χ4n) is 3.27. The molecule has 1 saturated carbocycles. The minimum absolute atomic E-state index is 0.594. The Morgan fingerprint density at radius 2 is 1.90 bits per heavy atom. The first-order valence-electron chi connectivity index (χ1n) is 8.20. The van der Waals surface area contributed by atoms with E-state index in [2.05, 4.69) is 49.4 Å². The van der Waals surface area contributed by atoms with E-state index in [-0.39, 0.29) is 0 Å². The Kier molecular flexibility index (Phi) is 5.92. The number of methoxy groups -OCH3 is 1. The number of anilines is 1. The topological polar surface area (TPSA) is 24.5 Å². The van der Waals surface area contributed by atoms with Gasteiger partial charge >= 0.3 is 0 Å². The molecule has 0 radical (unpaired) electrons. The van der Waals surface area contributed by atoms with Crippen LogP contribution in [0.1, 0.15) is 44.6 Å². The van der Waals surface area contributed by atoms with Crippen molar-refractivity contribution < 1.29 is 4.74 Å². The van der Waals surface area contributed by atoms with Crippen LogP contribution in [0.25, 0.3) is 0 Å². The molecule has 118 valence electrons. The molecule has 21 heavy (non-hydrogen) atoms. The van der Waals surface area contributed by atoms with Crippen LogP contribution in [0.5, 0.6) is 5.75 Å². The van der Waals surface area contributed by atoms with Crippen molar-refractivity contribution >= 4 is 5.69 Å². The van der Waals surface area contributed by atoms with Crippen molar-refractivity contribution in [2.75, 3.05) is 26.5 Å². The van der Waals surface area contributed by atoms with E-state index >= 15 is 0 Å². The molecule has 1 N–H and O–H groups in total. The highest BCUT2D eigenvalue weighted by molar-refractivity contribution is 5.58. The maximum absolute atomic E-state index is 5.51. The van der Waals surface area contributed by atoms with Gasteiger partial charge in [-0.05, 0) is 63.4 Å². The molecule has 0 bridgehead atoms. The second-order valence-corrected chi connectivity index (χ2v) is 6.54. The second kappa shape index (κ2) is 7.69. The predicted molar refractivity (Wildman–Crippen MR) is 90.0 cm³/mol. The fraction of sp³-hybridized carbons (Fsp3) is 0.667. The summed E-state index contributed by atoms with van der Waals surface area (Å²) >= 11 is 0. The van der Waals surface area contributed by atoms with Crippen LogP contribution >= 0.6 is 0 Å².